The second-order valence-electron chi connectivity index (χ2n) is 5.22. The van der Waals surface area contributed by atoms with Gasteiger partial charge in [-0.3, -0.25) is 9.78 Å². The molecule has 0 bridgehead atoms. The van der Waals surface area contributed by atoms with Crippen LogP contribution in [0.2, 0.25) is 0 Å². The van der Waals surface area contributed by atoms with Crippen molar-refractivity contribution in [1.82, 2.24) is 15.2 Å². The van der Waals surface area contributed by atoms with Crippen LogP contribution in [-0.2, 0) is 0 Å². The summed E-state index contributed by atoms with van der Waals surface area (Å²) in [5, 5.41) is 3.57. The van der Waals surface area contributed by atoms with Gasteiger partial charge in [-0.25, -0.2) is 0 Å². The molecule has 96 valence electrons. The van der Waals surface area contributed by atoms with Gasteiger partial charge in [0.2, 0.25) is 0 Å². The lowest BCUT2D eigenvalue weighted by Crippen LogP contribution is -2.53. The number of hydrogen-bond acceptors (Lipinski definition) is 3. The fourth-order valence-corrected chi connectivity index (χ4v) is 3.08. The first-order valence-corrected chi connectivity index (χ1v) is 6.78. The Morgan fingerprint density at radius 3 is 3.17 bits per heavy atom. The summed E-state index contributed by atoms with van der Waals surface area (Å²) in [7, 11) is 0. The minimum atomic E-state index is 0.0830. The van der Waals surface area contributed by atoms with Gasteiger partial charge < -0.3 is 10.2 Å². The topological polar surface area (TPSA) is 45.2 Å². The fourth-order valence-electron chi connectivity index (χ4n) is 3.08. The number of pyridine rings is 1. The second kappa shape index (κ2) is 5.06. The molecule has 4 nitrogen and oxygen atoms in total. The van der Waals surface area contributed by atoms with Crippen LogP contribution in [0, 0.1) is 5.92 Å². The molecular weight excluding hydrogens is 226 g/mol. The Labute approximate surface area is 107 Å². The summed E-state index contributed by atoms with van der Waals surface area (Å²) in [6.07, 6.45) is 5.22. The Hall–Kier alpha value is -1.42. The van der Waals surface area contributed by atoms with Crippen molar-refractivity contribution in [2.24, 2.45) is 5.92 Å². The monoisotopic (exact) mass is 245 g/mol. The predicted molar refractivity (Wildman–Crippen MR) is 69.3 cm³/mol. The molecule has 0 radical (unpaired) electrons. The maximum absolute atomic E-state index is 12.3. The highest BCUT2D eigenvalue weighted by atomic mass is 16.2. The van der Waals surface area contributed by atoms with E-state index in [0.717, 1.165) is 26.1 Å². The quantitative estimate of drug-likeness (QED) is 0.811. The molecule has 2 saturated heterocycles. The smallest absolute Gasteiger partial charge is 0.272 e. The summed E-state index contributed by atoms with van der Waals surface area (Å²) in [6, 6.07) is 6.13. The average molecular weight is 245 g/mol. The van der Waals surface area contributed by atoms with Crippen molar-refractivity contribution in [3.8, 4) is 0 Å². The summed E-state index contributed by atoms with van der Waals surface area (Å²) in [5.74, 6) is 0.708. The Kier molecular flexibility index (Phi) is 3.28. The Bertz CT molecular complexity index is 420. The van der Waals surface area contributed by atoms with E-state index in [9.17, 15) is 4.79 Å². The van der Waals surface area contributed by atoms with Gasteiger partial charge in [-0.05, 0) is 43.9 Å². The Morgan fingerprint density at radius 2 is 2.33 bits per heavy atom. The number of amides is 1. The predicted octanol–water partition coefficient (Wildman–Crippen LogP) is 1.30. The second-order valence-corrected chi connectivity index (χ2v) is 5.22. The van der Waals surface area contributed by atoms with Crippen LogP contribution in [0.1, 0.15) is 29.8 Å². The van der Waals surface area contributed by atoms with Gasteiger partial charge in [0, 0.05) is 25.3 Å². The Morgan fingerprint density at radius 1 is 1.39 bits per heavy atom. The van der Waals surface area contributed by atoms with Gasteiger partial charge in [-0.2, -0.15) is 0 Å². The van der Waals surface area contributed by atoms with Crippen LogP contribution in [0.4, 0.5) is 0 Å². The molecule has 3 heterocycles. The molecule has 0 saturated carbocycles. The zero-order valence-corrected chi connectivity index (χ0v) is 10.5. The van der Waals surface area contributed by atoms with E-state index >= 15 is 0 Å². The van der Waals surface area contributed by atoms with Crippen LogP contribution in [0.5, 0.6) is 0 Å². The van der Waals surface area contributed by atoms with Crippen molar-refractivity contribution in [2.75, 3.05) is 19.6 Å². The highest BCUT2D eigenvalue weighted by Crippen LogP contribution is 2.25. The summed E-state index contributed by atoms with van der Waals surface area (Å²) in [4.78, 5) is 18.4. The number of nitrogens with one attached hydrogen (secondary N) is 1. The zero-order chi connectivity index (χ0) is 12.4. The molecule has 2 atom stereocenters. The molecule has 2 aliphatic heterocycles. The highest BCUT2D eigenvalue weighted by Gasteiger charge is 2.33. The molecule has 0 unspecified atom stereocenters. The van der Waals surface area contributed by atoms with Crippen LogP contribution in [-0.4, -0.2) is 41.5 Å². The first-order chi connectivity index (χ1) is 8.84. The third-order valence-electron chi connectivity index (χ3n) is 4.06. The standard InChI is InChI=1S/C14H19N3O/c18-14(13-5-1-2-7-16-13)17-9-6-12-11(10-17)4-3-8-15-12/h1-2,5,7,11-12,15H,3-4,6,8-10H2/t11-,12+/m1/s1. The van der Waals surface area contributed by atoms with Crippen molar-refractivity contribution in [3.05, 3.63) is 30.1 Å². The van der Waals surface area contributed by atoms with Gasteiger partial charge in [0.05, 0.1) is 0 Å². The van der Waals surface area contributed by atoms with E-state index in [2.05, 4.69) is 10.3 Å². The number of hydrogen-bond donors (Lipinski definition) is 1. The average Bonchev–Trinajstić information content (AvgIpc) is 2.47. The van der Waals surface area contributed by atoms with Crippen LogP contribution in [0.15, 0.2) is 24.4 Å². The molecule has 4 heteroatoms. The lowest BCUT2D eigenvalue weighted by atomic mass is 9.85. The maximum atomic E-state index is 12.3. The summed E-state index contributed by atoms with van der Waals surface area (Å²) >= 11 is 0. The molecule has 1 amide bonds. The summed E-state index contributed by atoms with van der Waals surface area (Å²) in [5.41, 5.74) is 0.569. The number of aromatic nitrogens is 1. The van der Waals surface area contributed by atoms with Crippen molar-refractivity contribution in [3.63, 3.8) is 0 Å². The lowest BCUT2D eigenvalue weighted by Gasteiger charge is -2.41. The molecule has 3 rings (SSSR count). The highest BCUT2D eigenvalue weighted by molar-refractivity contribution is 5.92. The van der Waals surface area contributed by atoms with Gasteiger partial charge in [0.1, 0.15) is 5.69 Å². The zero-order valence-electron chi connectivity index (χ0n) is 10.5. The molecular formula is C14H19N3O. The number of nitrogens with zero attached hydrogens (tertiary/aromatic N) is 2. The van der Waals surface area contributed by atoms with E-state index in [0.29, 0.717) is 17.7 Å². The van der Waals surface area contributed by atoms with Gasteiger partial charge >= 0.3 is 0 Å². The van der Waals surface area contributed by atoms with Gasteiger partial charge in [0.15, 0.2) is 0 Å². The molecule has 1 N–H and O–H groups in total. The fraction of sp³-hybridized carbons (Fsp3) is 0.571. The third-order valence-corrected chi connectivity index (χ3v) is 4.06. The molecule has 2 fully saturated rings. The maximum Gasteiger partial charge on any atom is 0.272 e. The molecule has 1 aromatic rings. The van der Waals surface area contributed by atoms with Crippen molar-refractivity contribution < 1.29 is 4.79 Å². The lowest BCUT2D eigenvalue weighted by molar-refractivity contribution is 0.0587. The number of fused-ring (bicyclic) bond motifs is 1. The van der Waals surface area contributed by atoms with Crippen LogP contribution in [0.25, 0.3) is 0 Å². The number of carbonyl (C=O) groups excluding carboxylic acids is 1. The van der Waals surface area contributed by atoms with E-state index < -0.39 is 0 Å². The summed E-state index contributed by atoms with van der Waals surface area (Å²) in [6.45, 7) is 2.87. The number of rotatable bonds is 1. The SMILES string of the molecule is O=C(c1ccccn1)N1CC[C@@H]2NCCC[C@@H]2C1. The first kappa shape index (κ1) is 11.7. The largest absolute Gasteiger partial charge is 0.337 e. The van der Waals surface area contributed by atoms with E-state index in [1.54, 1.807) is 12.3 Å². The number of piperidine rings is 2. The van der Waals surface area contributed by atoms with E-state index in [1.165, 1.54) is 12.8 Å². The molecule has 1 aromatic heterocycles. The van der Waals surface area contributed by atoms with Gasteiger partial charge in [0.25, 0.3) is 5.91 Å². The van der Waals surface area contributed by atoms with Crippen LogP contribution in [0.3, 0.4) is 0 Å². The van der Waals surface area contributed by atoms with E-state index in [4.69, 9.17) is 0 Å². The van der Waals surface area contributed by atoms with Crippen molar-refractivity contribution >= 4 is 5.91 Å². The molecule has 18 heavy (non-hydrogen) atoms. The minimum absolute atomic E-state index is 0.0830. The number of carbonyl (C=O) groups is 1. The molecule has 2 aliphatic rings. The first-order valence-electron chi connectivity index (χ1n) is 6.78. The van der Waals surface area contributed by atoms with Crippen molar-refractivity contribution in [2.45, 2.75) is 25.3 Å². The van der Waals surface area contributed by atoms with Crippen LogP contribution >= 0.6 is 0 Å². The molecule has 0 aliphatic carbocycles. The van der Waals surface area contributed by atoms with E-state index in [-0.39, 0.29) is 5.91 Å². The minimum Gasteiger partial charge on any atom is -0.337 e. The Balaban J connectivity index is 1.69. The third kappa shape index (κ3) is 2.25. The van der Waals surface area contributed by atoms with E-state index in [1.807, 2.05) is 17.0 Å². The van der Waals surface area contributed by atoms with Crippen molar-refractivity contribution in [1.29, 1.82) is 0 Å². The van der Waals surface area contributed by atoms with Gasteiger partial charge in [-0.15, -0.1) is 0 Å². The normalized spacial score (nSPS) is 27.7. The molecule has 0 aromatic carbocycles. The van der Waals surface area contributed by atoms with Gasteiger partial charge in [-0.1, -0.05) is 6.07 Å². The molecule has 0 spiro atoms. The van der Waals surface area contributed by atoms with Crippen LogP contribution < -0.4 is 5.32 Å². The number of likely N-dealkylation sites (tertiary alicyclic amines) is 1. The summed E-state index contributed by atoms with van der Waals surface area (Å²) < 4.78 is 0.